The standard InChI is InChI=1S/C13H29O4P/c1-4-7-8-9-10-11-12-13-17-18(14,15-5-2)16-6-3/h4-13H2,1-3H3. The zero-order valence-corrected chi connectivity index (χ0v) is 13.0. The van der Waals surface area contributed by atoms with Gasteiger partial charge in [0.25, 0.3) is 0 Å². The molecule has 4 nitrogen and oxygen atoms in total. The van der Waals surface area contributed by atoms with Gasteiger partial charge in [0, 0.05) is 0 Å². The minimum absolute atomic E-state index is 0.342. The average Bonchev–Trinajstić information content (AvgIpc) is 2.33. The van der Waals surface area contributed by atoms with E-state index < -0.39 is 7.82 Å². The molecule has 0 rings (SSSR count). The molecule has 5 heteroatoms. The van der Waals surface area contributed by atoms with Crippen LogP contribution in [-0.2, 0) is 18.1 Å². The first kappa shape index (κ1) is 18.1. The highest BCUT2D eigenvalue weighted by atomic mass is 31.2. The largest absolute Gasteiger partial charge is 0.474 e. The van der Waals surface area contributed by atoms with Crippen molar-refractivity contribution in [3.05, 3.63) is 0 Å². The third kappa shape index (κ3) is 10.1. The third-order valence-corrected chi connectivity index (χ3v) is 4.22. The Morgan fingerprint density at radius 1 is 0.722 bits per heavy atom. The summed E-state index contributed by atoms with van der Waals surface area (Å²) in [6.07, 6.45) is 8.43. The number of phosphoric acid groups is 1. The number of rotatable bonds is 13. The summed E-state index contributed by atoms with van der Waals surface area (Å²) in [5, 5.41) is 0. The molecular formula is C13H29O4P. The third-order valence-electron chi connectivity index (χ3n) is 2.57. The van der Waals surface area contributed by atoms with Gasteiger partial charge in [0.1, 0.15) is 0 Å². The number of phosphoric ester groups is 1. The van der Waals surface area contributed by atoms with Crippen molar-refractivity contribution >= 4 is 7.82 Å². The van der Waals surface area contributed by atoms with Gasteiger partial charge in [-0.25, -0.2) is 4.57 Å². The minimum Gasteiger partial charge on any atom is -0.287 e. The molecule has 0 unspecified atom stereocenters. The van der Waals surface area contributed by atoms with Crippen molar-refractivity contribution in [1.82, 2.24) is 0 Å². The van der Waals surface area contributed by atoms with Crippen LogP contribution in [0.15, 0.2) is 0 Å². The van der Waals surface area contributed by atoms with Gasteiger partial charge in [-0.15, -0.1) is 0 Å². The lowest BCUT2D eigenvalue weighted by Gasteiger charge is -2.16. The van der Waals surface area contributed by atoms with E-state index >= 15 is 0 Å². The van der Waals surface area contributed by atoms with Gasteiger partial charge in [0.05, 0.1) is 19.8 Å². The molecule has 0 bridgehead atoms. The Hall–Kier alpha value is 0.110. The SMILES string of the molecule is CCCCCCCCCOP(=O)(OCC)OCC. The normalized spacial score (nSPS) is 11.9. The molecule has 18 heavy (non-hydrogen) atoms. The molecule has 0 aromatic rings. The van der Waals surface area contributed by atoms with E-state index in [2.05, 4.69) is 6.92 Å². The molecule has 0 amide bonds. The van der Waals surface area contributed by atoms with E-state index in [0.29, 0.717) is 19.8 Å². The van der Waals surface area contributed by atoms with Crippen molar-refractivity contribution in [2.75, 3.05) is 19.8 Å². The zero-order valence-electron chi connectivity index (χ0n) is 12.2. The second kappa shape index (κ2) is 12.2. The van der Waals surface area contributed by atoms with Crippen molar-refractivity contribution in [1.29, 1.82) is 0 Å². The number of hydrogen-bond donors (Lipinski definition) is 0. The Morgan fingerprint density at radius 2 is 1.22 bits per heavy atom. The highest BCUT2D eigenvalue weighted by Crippen LogP contribution is 2.49. The summed E-state index contributed by atoms with van der Waals surface area (Å²) in [7, 11) is -3.29. The first-order chi connectivity index (χ1) is 8.68. The molecule has 0 aliphatic rings. The molecule has 0 aromatic heterocycles. The maximum absolute atomic E-state index is 11.9. The Bertz CT molecular complexity index is 211. The fraction of sp³-hybridized carbons (Fsp3) is 1.00. The summed E-state index contributed by atoms with van der Waals surface area (Å²) < 4.78 is 27.3. The van der Waals surface area contributed by atoms with Crippen LogP contribution >= 0.6 is 7.82 Å². The van der Waals surface area contributed by atoms with Crippen molar-refractivity contribution in [3.63, 3.8) is 0 Å². The van der Waals surface area contributed by atoms with Crippen molar-refractivity contribution in [2.24, 2.45) is 0 Å². The topological polar surface area (TPSA) is 44.8 Å². The van der Waals surface area contributed by atoms with E-state index in [0.717, 1.165) is 12.8 Å². The molecule has 0 atom stereocenters. The van der Waals surface area contributed by atoms with Gasteiger partial charge in [0.2, 0.25) is 0 Å². The van der Waals surface area contributed by atoms with Crippen LogP contribution in [0.4, 0.5) is 0 Å². The molecule has 0 saturated carbocycles. The second-order valence-corrected chi connectivity index (χ2v) is 5.91. The molecule has 0 aliphatic heterocycles. The molecular weight excluding hydrogens is 251 g/mol. The van der Waals surface area contributed by atoms with Gasteiger partial charge in [-0.1, -0.05) is 45.4 Å². The van der Waals surface area contributed by atoms with Crippen molar-refractivity contribution < 1.29 is 18.1 Å². The predicted octanol–water partition coefficient (Wildman–Crippen LogP) is 4.93. The predicted molar refractivity (Wildman–Crippen MR) is 74.8 cm³/mol. The van der Waals surface area contributed by atoms with Crippen LogP contribution in [0.1, 0.15) is 65.7 Å². The fourth-order valence-corrected chi connectivity index (χ4v) is 2.87. The average molecular weight is 280 g/mol. The lowest BCUT2D eigenvalue weighted by Crippen LogP contribution is -2.01. The van der Waals surface area contributed by atoms with E-state index in [9.17, 15) is 4.57 Å². The summed E-state index contributed by atoms with van der Waals surface area (Å²) >= 11 is 0. The van der Waals surface area contributed by atoms with E-state index in [-0.39, 0.29) is 0 Å². The van der Waals surface area contributed by atoms with Crippen LogP contribution in [0.2, 0.25) is 0 Å². The van der Waals surface area contributed by atoms with E-state index in [1.807, 2.05) is 0 Å². The van der Waals surface area contributed by atoms with Crippen LogP contribution in [0.3, 0.4) is 0 Å². The Morgan fingerprint density at radius 3 is 1.72 bits per heavy atom. The number of unbranched alkanes of at least 4 members (excludes halogenated alkanes) is 6. The summed E-state index contributed by atoms with van der Waals surface area (Å²) in [5.74, 6) is 0. The van der Waals surface area contributed by atoms with Gasteiger partial charge in [-0.3, -0.25) is 13.6 Å². The van der Waals surface area contributed by atoms with Gasteiger partial charge < -0.3 is 0 Å². The molecule has 0 fully saturated rings. The second-order valence-electron chi connectivity index (χ2n) is 4.24. The molecule has 0 aromatic carbocycles. The first-order valence-electron chi connectivity index (χ1n) is 7.22. The highest BCUT2D eigenvalue weighted by molar-refractivity contribution is 7.48. The quantitative estimate of drug-likeness (QED) is 0.354. The van der Waals surface area contributed by atoms with Crippen molar-refractivity contribution in [2.45, 2.75) is 65.7 Å². The molecule has 0 spiro atoms. The Labute approximate surface area is 112 Å². The van der Waals surface area contributed by atoms with Crippen LogP contribution in [0.25, 0.3) is 0 Å². The molecule has 0 radical (unpaired) electrons. The molecule has 0 saturated heterocycles. The molecule has 0 aliphatic carbocycles. The van der Waals surface area contributed by atoms with Gasteiger partial charge in [-0.2, -0.15) is 0 Å². The van der Waals surface area contributed by atoms with Crippen LogP contribution in [0, 0.1) is 0 Å². The summed E-state index contributed by atoms with van der Waals surface area (Å²) in [6, 6.07) is 0. The van der Waals surface area contributed by atoms with E-state index in [1.165, 1.54) is 32.1 Å². The van der Waals surface area contributed by atoms with Gasteiger partial charge in [0.15, 0.2) is 0 Å². The lowest BCUT2D eigenvalue weighted by atomic mass is 10.1. The van der Waals surface area contributed by atoms with Gasteiger partial charge >= 0.3 is 7.82 Å². The van der Waals surface area contributed by atoms with Crippen LogP contribution in [-0.4, -0.2) is 19.8 Å². The maximum atomic E-state index is 11.9. The highest BCUT2D eigenvalue weighted by Gasteiger charge is 2.24. The van der Waals surface area contributed by atoms with Crippen LogP contribution < -0.4 is 0 Å². The summed E-state index contributed by atoms with van der Waals surface area (Å²) in [5.41, 5.74) is 0. The summed E-state index contributed by atoms with van der Waals surface area (Å²) in [6.45, 7) is 6.91. The summed E-state index contributed by atoms with van der Waals surface area (Å²) in [4.78, 5) is 0. The molecule has 0 N–H and O–H groups in total. The first-order valence-corrected chi connectivity index (χ1v) is 8.68. The van der Waals surface area contributed by atoms with E-state index in [4.69, 9.17) is 13.6 Å². The Kier molecular flexibility index (Phi) is 12.2. The lowest BCUT2D eigenvalue weighted by molar-refractivity contribution is 0.120. The monoisotopic (exact) mass is 280 g/mol. The fourth-order valence-electron chi connectivity index (χ4n) is 1.66. The van der Waals surface area contributed by atoms with E-state index in [1.54, 1.807) is 13.8 Å². The minimum atomic E-state index is -3.29. The Balaban J connectivity index is 3.52. The molecule has 0 heterocycles. The zero-order chi connectivity index (χ0) is 13.7. The van der Waals surface area contributed by atoms with Crippen molar-refractivity contribution in [3.8, 4) is 0 Å². The number of hydrogen-bond acceptors (Lipinski definition) is 4. The van der Waals surface area contributed by atoms with Crippen LogP contribution in [0.5, 0.6) is 0 Å². The molecule has 110 valence electrons. The van der Waals surface area contributed by atoms with Gasteiger partial charge in [-0.05, 0) is 20.3 Å². The smallest absolute Gasteiger partial charge is 0.287 e. The maximum Gasteiger partial charge on any atom is 0.474 e.